The van der Waals surface area contributed by atoms with Crippen molar-refractivity contribution in [3.63, 3.8) is 0 Å². The van der Waals surface area contributed by atoms with Crippen molar-refractivity contribution in [3.8, 4) is 6.07 Å². The molecule has 19 heavy (non-hydrogen) atoms. The zero-order valence-corrected chi connectivity index (χ0v) is 12.3. The molecule has 1 aromatic heterocycles. The van der Waals surface area contributed by atoms with Crippen LogP contribution in [0.1, 0.15) is 39.0 Å². The van der Waals surface area contributed by atoms with Crippen LogP contribution >= 0.6 is 0 Å². The molecule has 1 aliphatic heterocycles. The first kappa shape index (κ1) is 13.8. The van der Waals surface area contributed by atoms with Gasteiger partial charge in [-0.3, -0.25) is 0 Å². The van der Waals surface area contributed by atoms with Gasteiger partial charge >= 0.3 is 0 Å². The van der Waals surface area contributed by atoms with Gasteiger partial charge in [0.05, 0.1) is 22.8 Å². The van der Waals surface area contributed by atoms with E-state index in [9.17, 15) is 0 Å². The molecule has 1 aliphatic rings. The van der Waals surface area contributed by atoms with E-state index in [1.165, 1.54) is 0 Å². The van der Waals surface area contributed by atoms with Crippen LogP contribution in [0.4, 0.5) is 5.82 Å². The molecule has 0 bridgehead atoms. The van der Waals surface area contributed by atoms with Crippen LogP contribution in [-0.2, 0) is 4.74 Å². The summed E-state index contributed by atoms with van der Waals surface area (Å²) in [4.78, 5) is 6.76. The number of aryl methyl sites for hydroxylation is 1. The molecule has 0 aromatic carbocycles. The Balaban J connectivity index is 2.36. The molecule has 102 valence electrons. The summed E-state index contributed by atoms with van der Waals surface area (Å²) in [6.45, 7) is 11.8. The number of hydrogen-bond donors (Lipinski definition) is 0. The van der Waals surface area contributed by atoms with Crippen LogP contribution < -0.4 is 4.90 Å². The quantitative estimate of drug-likeness (QED) is 0.778. The molecule has 0 atom stereocenters. The summed E-state index contributed by atoms with van der Waals surface area (Å²) < 4.78 is 6.07. The Morgan fingerprint density at radius 2 is 1.79 bits per heavy atom. The number of ether oxygens (including phenoxy) is 1. The van der Waals surface area contributed by atoms with Crippen LogP contribution in [0.2, 0.25) is 0 Å². The molecule has 0 spiro atoms. The molecule has 2 rings (SSSR count). The van der Waals surface area contributed by atoms with Gasteiger partial charge in [-0.15, -0.1) is 0 Å². The Morgan fingerprint density at radius 1 is 1.21 bits per heavy atom. The first-order chi connectivity index (χ1) is 8.71. The van der Waals surface area contributed by atoms with Gasteiger partial charge in [-0.1, -0.05) is 0 Å². The number of aromatic nitrogens is 1. The fourth-order valence-corrected chi connectivity index (χ4v) is 2.83. The summed E-state index contributed by atoms with van der Waals surface area (Å²) in [5.74, 6) is 0.862. The van der Waals surface area contributed by atoms with Crippen molar-refractivity contribution in [2.75, 3.05) is 18.0 Å². The number of nitriles is 1. The molecule has 4 nitrogen and oxygen atoms in total. The predicted octanol–water partition coefficient (Wildman–Crippen LogP) is 2.66. The Morgan fingerprint density at radius 3 is 2.32 bits per heavy atom. The zero-order chi connectivity index (χ0) is 14.3. The van der Waals surface area contributed by atoms with Crippen molar-refractivity contribution in [1.82, 2.24) is 4.98 Å². The average Bonchev–Trinajstić information content (AvgIpc) is 2.24. The van der Waals surface area contributed by atoms with Gasteiger partial charge in [-0.2, -0.15) is 5.26 Å². The number of anilines is 1. The fourth-order valence-electron chi connectivity index (χ4n) is 2.83. The maximum atomic E-state index is 9.07. The topological polar surface area (TPSA) is 49.2 Å². The Kier molecular flexibility index (Phi) is 3.27. The number of pyridine rings is 1. The van der Waals surface area contributed by atoms with Crippen LogP contribution in [0, 0.1) is 18.3 Å². The molecule has 1 aromatic rings. The summed E-state index contributed by atoms with van der Waals surface area (Å²) in [5, 5.41) is 9.07. The minimum atomic E-state index is -0.222. The first-order valence-electron chi connectivity index (χ1n) is 6.55. The molecule has 0 N–H and O–H groups in total. The molecule has 0 aliphatic carbocycles. The lowest BCUT2D eigenvalue weighted by Crippen LogP contribution is -2.57. The Labute approximate surface area is 115 Å². The molecule has 0 radical (unpaired) electrons. The molecular formula is C15H21N3O. The van der Waals surface area contributed by atoms with E-state index in [1.807, 2.05) is 13.0 Å². The first-order valence-corrected chi connectivity index (χ1v) is 6.55. The van der Waals surface area contributed by atoms with E-state index in [0.29, 0.717) is 5.56 Å². The highest BCUT2D eigenvalue weighted by molar-refractivity contribution is 5.47. The highest BCUT2D eigenvalue weighted by Gasteiger charge is 2.38. The van der Waals surface area contributed by atoms with Crippen LogP contribution in [0.3, 0.4) is 0 Å². The molecule has 2 heterocycles. The molecular weight excluding hydrogens is 238 g/mol. The predicted molar refractivity (Wildman–Crippen MR) is 75.1 cm³/mol. The van der Waals surface area contributed by atoms with Crippen molar-refractivity contribution in [2.24, 2.45) is 0 Å². The standard InChI is InChI=1S/C15H21N3O/c1-11-6-12(8-16)7-13(17-11)18-9-14(2,3)19-15(4,5)10-18/h6-7H,9-10H2,1-5H3. The van der Waals surface area contributed by atoms with E-state index in [4.69, 9.17) is 10.00 Å². The van der Waals surface area contributed by atoms with Gasteiger partial charge < -0.3 is 9.64 Å². The zero-order valence-electron chi connectivity index (χ0n) is 12.3. The van der Waals surface area contributed by atoms with E-state index >= 15 is 0 Å². The highest BCUT2D eigenvalue weighted by Crippen LogP contribution is 2.30. The third kappa shape index (κ3) is 3.24. The second-order valence-corrected chi connectivity index (χ2v) is 6.44. The van der Waals surface area contributed by atoms with Gasteiger partial charge in [0.25, 0.3) is 0 Å². The Bertz CT molecular complexity index is 513. The van der Waals surface area contributed by atoms with Crippen molar-refractivity contribution >= 4 is 5.82 Å². The minimum absolute atomic E-state index is 0.222. The molecule has 0 unspecified atom stereocenters. The van der Waals surface area contributed by atoms with Crippen molar-refractivity contribution in [2.45, 2.75) is 45.8 Å². The van der Waals surface area contributed by atoms with E-state index in [1.54, 1.807) is 6.07 Å². The van der Waals surface area contributed by atoms with Crippen molar-refractivity contribution in [1.29, 1.82) is 5.26 Å². The average molecular weight is 259 g/mol. The maximum absolute atomic E-state index is 9.07. The van der Waals surface area contributed by atoms with Gasteiger partial charge in [0.2, 0.25) is 0 Å². The fraction of sp³-hybridized carbons (Fsp3) is 0.600. The third-order valence-electron chi connectivity index (χ3n) is 3.09. The maximum Gasteiger partial charge on any atom is 0.130 e. The van der Waals surface area contributed by atoms with Crippen LogP contribution in [0.5, 0.6) is 0 Å². The summed E-state index contributed by atoms with van der Waals surface area (Å²) in [6, 6.07) is 5.85. The summed E-state index contributed by atoms with van der Waals surface area (Å²) >= 11 is 0. The Hall–Kier alpha value is -1.60. The van der Waals surface area contributed by atoms with Gasteiger partial charge in [0.15, 0.2) is 0 Å². The van der Waals surface area contributed by atoms with E-state index < -0.39 is 0 Å². The lowest BCUT2D eigenvalue weighted by atomic mass is 9.99. The smallest absolute Gasteiger partial charge is 0.130 e. The van der Waals surface area contributed by atoms with E-state index in [2.05, 4.69) is 43.6 Å². The molecule has 1 fully saturated rings. The number of morpholine rings is 1. The van der Waals surface area contributed by atoms with Gasteiger partial charge in [-0.05, 0) is 46.8 Å². The van der Waals surface area contributed by atoms with Gasteiger partial charge in [0.1, 0.15) is 5.82 Å². The lowest BCUT2D eigenvalue weighted by molar-refractivity contribution is -0.133. The molecule has 0 amide bonds. The molecule has 4 heteroatoms. The summed E-state index contributed by atoms with van der Waals surface area (Å²) in [5.41, 5.74) is 1.08. The van der Waals surface area contributed by atoms with Crippen LogP contribution in [0.25, 0.3) is 0 Å². The van der Waals surface area contributed by atoms with Gasteiger partial charge in [0, 0.05) is 18.8 Å². The third-order valence-corrected chi connectivity index (χ3v) is 3.09. The van der Waals surface area contributed by atoms with Crippen LogP contribution in [0.15, 0.2) is 12.1 Å². The molecule has 0 saturated carbocycles. The number of nitrogens with zero attached hydrogens (tertiary/aromatic N) is 3. The van der Waals surface area contributed by atoms with Gasteiger partial charge in [-0.25, -0.2) is 4.98 Å². The van der Waals surface area contributed by atoms with Crippen LogP contribution in [-0.4, -0.2) is 29.3 Å². The number of hydrogen-bond acceptors (Lipinski definition) is 4. The largest absolute Gasteiger partial charge is 0.366 e. The SMILES string of the molecule is Cc1cc(C#N)cc(N2CC(C)(C)OC(C)(C)C2)n1. The van der Waals surface area contributed by atoms with E-state index in [-0.39, 0.29) is 11.2 Å². The molecule has 1 saturated heterocycles. The minimum Gasteiger partial charge on any atom is -0.366 e. The highest BCUT2D eigenvalue weighted by atomic mass is 16.5. The second kappa shape index (κ2) is 4.50. The van der Waals surface area contributed by atoms with Crippen molar-refractivity contribution < 1.29 is 4.74 Å². The number of rotatable bonds is 1. The summed E-state index contributed by atoms with van der Waals surface area (Å²) in [7, 11) is 0. The summed E-state index contributed by atoms with van der Waals surface area (Å²) in [6.07, 6.45) is 0. The monoisotopic (exact) mass is 259 g/mol. The normalized spacial score (nSPS) is 20.9. The van der Waals surface area contributed by atoms with E-state index in [0.717, 1.165) is 24.6 Å². The second-order valence-electron chi connectivity index (χ2n) is 6.44. The lowest BCUT2D eigenvalue weighted by Gasteiger charge is -2.47. The van der Waals surface area contributed by atoms with Crippen molar-refractivity contribution in [3.05, 3.63) is 23.4 Å².